The maximum Gasteiger partial charge on any atom is 0.325 e. The summed E-state index contributed by atoms with van der Waals surface area (Å²) in [4.78, 5) is 77.6. The SMILES string of the molecule is COC(=O)C(C(=O)OCC[N+](C)(C)C)C(C(=O)OC)C(C(=O)OC)C(C(=O)OC)C(=O)OC[N+](C)(C)C.[Br-].[Br-]. The van der Waals surface area contributed by atoms with Gasteiger partial charge < -0.3 is 66.9 Å². The number of carbonyl (C=O) groups excluding carboxylic acids is 6. The lowest BCUT2D eigenvalue weighted by molar-refractivity contribution is -0.888. The van der Waals surface area contributed by atoms with E-state index in [1.807, 2.05) is 21.1 Å². The lowest BCUT2D eigenvalue weighted by atomic mass is 9.74. The minimum atomic E-state index is -2.10. The maximum absolute atomic E-state index is 13.1. The molecule has 0 saturated carbocycles. The topological polar surface area (TPSA) is 158 Å². The molecule has 0 heterocycles. The Hall–Kier alpha value is -2.30. The second kappa shape index (κ2) is 18.1. The van der Waals surface area contributed by atoms with E-state index in [1.165, 1.54) is 0 Å². The van der Waals surface area contributed by atoms with Gasteiger partial charge in [0.15, 0.2) is 11.8 Å². The largest absolute Gasteiger partial charge is 1.00 e. The number of quaternary nitrogens is 2. The standard InChI is InChI=1S/C23H40N2O12.2BrH/c1-24(2,3)11-12-36-22(30)16(20(28)34-9)14(18(26)32-7)15(19(27)33-8)17(21(29)35-10)23(31)37-13-25(4,5)6;;/h14-17H,11-13H2,1-10H3;2*1H/q+2;;/p-2. The Morgan fingerprint density at radius 1 is 0.513 bits per heavy atom. The first-order valence-electron chi connectivity index (χ1n) is 11.2. The highest BCUT2D eigenvalue weighted by molar-refractivity contribution is 6.04. The summed E-state index contributed by atoms with van der Waals surface area (Å²) in [6, 6.07) is 0. The molecule has 228 valence electrons. The third-order valence-corrected chi connectivity index (χ3v) is 5.07. The normalized spacial score (nSPS) is 14.0. The minimum absolute atomic E-state index is 0. The summed E-state index contributed by atoms with van der Waals surface area (Å²) in [5, 5.41) is 0. The monoisotopic (exact) mass is 694 g/mol. The molecule has 0 aromatic carbocycles. The molecule has 4 atom stereocenters. The molecule has 0 amide bonds. The van der Waals surface area contributed by atoms with Crippen molar-refractivity contribution in [3.05, 3.63) is 0 Å². The van der Waals surface area contributed by atoms with Crippen LogP contribution in [0.1, 0.15) is 0 Å². The predicted molar refractivity (Wildman–Crippen MR) is 125 cm³/mol. The van der Waals surface area contributed by atoms with Crippen LogP contribution in [0.3, 0.4) is 0 Å². The number of halogens is 2. The van der Waals surface area contributed by atoms with Crippen molar-refractivity contribution < 1.29 is 100 Å². The fourth-order valence-electron chi connectivity index (χ4n) is 3.14. The summed E-state index contributed by atoms with van der Waals surface area (Å²) >= 11 is 0. The van der Waals surface area contributed by atoms with E-state index in [0.29, 0.717) is 11.0 Å². The molecule has 0 aromatic rings. The highest BCUT2D eigenvalue weighted by Crippen LogP contribution is 2.34. The van der Waals surface area contributed by atoms with Crippen molar-refractivity contribution in [1.29, 1.82) is 0 Å². The molecule has 0 radical (unpaired) electrons. The van der Waals surface area contributed by atoms with Gasteiger partial charge in [0.1, 0.15) is 13.2 Å². The number of nitrogens with zero attached hydrogens (tertiary/aromatic N) is 2. The summed E-state index contributed by atoms with van der Waals surface area (Å²) in [6.07, 6.45) is 0. The van der Waals surface area contributed by atoms with E-state index >= 15 is 0 Å². The summed E-state index contributed by atoms with van der Waals surface area (Å²) in [5.74, 6) is -15.9. The maximum atomic E-state index is 13.1. The van der Waals surface area contributed by atoms with Crippen LogP contribution in [0.2, 0.25) is 0 Å². The van der Waals surface area contributed by atoms with Gasteiger partial charge in [0, 0.05) is 0 Å². The zero-order valence-electron chi connectivity index (χ0n) is 24.0. The number of esters is 6. The van der Waals surface area contributed by atoms with Crippen molar-refractivity contribution in [2.75, 3.05) is 90.6 Å². The minimum Gasteiger partial charge on any atom is -1.00 e. The molecule has 0 fully saturated rings. The van der Waals surface area contributed by atoms with Crippen molar-refractivity contribution in [1.82, 2.24) is 0 Å². The van der Waals surface area contributed by atoms with Gasteiger partial charge in [-0.25, -0.2) is 0 Å². The van der Waals surface area contributed by atoms with Gasteiger partial charge in [-0.15, -0.1) is 0 Å². The summed E-state index contributed by atoms with van der Waals surface area (Å²) < 4.78 is 29.9. The van der Waals surface area contributed by atoms with Crippen LogP contribution < -0.4 is 34.0 Å². The lowest BCUT2D eigenvalue weighted by Crippen LogP contribution is -3.00. The molecular formula is C23H40Br2N2O12. The number of likely N-dealkylation sites (N-methyl/N-ethyl adjacent to an activating group) is 1. The van der Waals surface area contributed by atoms with Crippen LogP contribution in [0.15, 0.2) is 0 Å². The fourth-order valence-corrected chi connectivity index (χ4v) is 3.14. The molecule has 0 bridgehead atoms. The van der Waals surface area contributed by atoms with E-state index in [0.717, 1.165) is 28.4 Å². The number of hydrogen-bond donors (Lipinski definition) is 0. The Morgan fingerprint density at radius 3 is 1.13 bits per heavy atom. The van der Waals surface area contributed by atoms with E-state index in [4.69, 9.17) is 28.4 Å². The van der Waals surface area contributed by atoms with E-state index in [9.17, 15) is 28.8 Å². The Kier molecular flexibility index (Phi) is 19.1. The first-order valence-corrected chi connectivity index (χ1v) is 11.2. The highest BCUT2D eigenvalue weighted by atomic mass is 79.9. The van der Waals surface area contributed by atoms with Crippen LogP contribution in [-0.4, -0.2) is 135 Å². The van der Waals surface area contributed by atoms with Crippen molar-refractivity contribution in [2.45, 2.75) is 0 Å². The van der Waals surface area contributed by atoms with Gasteiger partial charge in [0.25, 0.3) is 0 Å². The second-order valence-electron chi connectivity index (χ2n) is 10.2. The fraction of sp³-hybridized carbons (Fsp3) is 0.739. The molecule has 4 unspecified atom stereocenters. The molecule has 0 aromatic heterocycles. The van der Waals surface area contributed by atoms with Gasteiger partial charge in [-0.3, -0.25) is 33.3 Å². The number of methoxy groups -OCH3 is 4. The Bertz CT molecular complexity index is 855. The molecule has 39 heavy (non-hydrogen) atoms. The molecule has 0 aliphatic heterocycles. The van der Waals surface area contributed by atoms with Crippen molar-refractivity contribution in [3.63, 3.8) is 0 Å². The first kappa shape index (κ1) is 41.2. The average Bonchev–Trinajstić information content (AvgIpc) is 2.81. The van der Waals surface area contributed by atoms with Crippen molar-refractivity contribution >= 4 is 35.8 Å². The van der Waals surface area contributed by atoms with Crippen molar-refractivity contribution in [2.24, 2.45) is 23.7 Å². The molecule has 16 heteroatoms. The Balaban J connectivity index is -0.00000648. The second-order valence-corrected chi connectivity index (χ2v) is 10.2. The van der Waals surface area contributed by atoms with Crippen molar-refractivity contribution in [3.8, 4) is 0 Å². The summed E-state index contributed by atoms with van der Waals surface area (Å²) in [7, 11) is 14.3. The predicted octanol–water partition coefficient (Wildman–Crippen LogP) is -7.39. The zero-order chi connectivity index (χ0) is 29.1. The first-order chi connectivity index (χ1) is 16.9. The average molecular weight is 696 g/mol. The molecular weight excluding hydrogens is 656 g/mol. The van der Waals surface area contributed by atoms with Gasteiger partial charge in [-0.2, -0.15) is 0 Å². The number of carbonyl (C=O) groups is 6. The van der Waals surface area contributed by atoms with Crippen LogP contribution in [-0.2, 0) is 57.2 Å². The zero-order valence-corrected chi connectivity index (χ0v) is 27.2. The van der Waals surface area contributed by atoms with E-state index in [2.05, 4.69) is 0 Å². The van der Waals surface area contributed by atoms with Gasteiger partial charge in [-0.05, 0) is 0 Å². The van der Waals surface area contributed by atoms with Crippen LogP contribution in [0.25, 0.3) is 0 Å². The van der Waals surface area contributed by atoms with E-state index < -0.39 is 59.5 Å². The third kappa shape index (κ3) is 13.6. The van der Waals surface area contributed by atoms with Crippen LogP contribution in [0.4, 0.5) is 0 Å². The molecule has 0 spiro atoms. The van der Waals surface area contributed by atoms with Gasteiger partial charge in [-0.1, -0.05) is 0 Å². The Labute approximate surface area is 249 Å². The van der Waals surface area contributed by atoms with Crippen LogP contribution in [0.5, 0.6) is 0 Å². The third-order valence-electron chi connectivity index (χ3n) is 5.07. The molecule has 0 aliphatic carbocycles. The van der Waals surface area contributed by atoms with Crippen LogP contribution >= 0.6 is 0 Å². The molecule has 0 N–H and O–H groups in total. The number of ether oxygens (including phenoxy) is 6. The number of rotatable bonds is 14. The lowest BCUT2D eigenvalue weighted by Gasteiger charge is -2.31. The summed E-state index contributed by atoms with van der Waals surface area (Å²) in [5.41, 5.74) is 0. The van der Waals surface area contributed by atoms with E-state index in [-0.39, 0.29) is 51.8 Å². The number of hydrogen-bond acceptors (Lipinski definition) is 12. The summed E-state index contributed by atoms with van der Waals surface area (Å²) in [6.45, 7) is -0.0413. The smallest absolute Gasteiger partial charge is 0.325 e. The van der Waals surface area contributed by atoms with Crippen LogP contribution in [0, 0.1) is 23.7 Å². The van der Waals surface area contributed by atoms with E-state index in [1.54, 1.807) is 21.1 Å². The quantitative estimate of drug-likeness (QED) is 0.0557. The van der Waals surface area contributed by atoms with Gasteiger partial charge >= 0.3 is 35.8 Å². The molecule has 14 nitrogen and oxygen atoms in total. The molecule has 0 rings (SSSR count). The van der Waals surface area contributed by atoms with Gasteiger partial charge in [0.05, 0.1) is 82.6 Å². The van der Waals surface area contributed by atoms with Gasteiger partial charge in [0.2, 0.25) is 6.73 Å². The Morgan fingerprint density at radius 2 is 0.846 bits per heavy atom. The molecule has 0 aliphatic rings. The highest BCUT2D eigenvalue weighted by Gasteiger charge is 2.56. The molecule has 0 saturated heterocycles.